The van der Waals surface area contributed by atoms with Crippen LogP contribution in [0.5, 0.6) is 0 Å². The van der Waals surface area contributed by atoms with E-state index in [0.29, 0.717) is 0 Å². The molecule has 0 saturated carbocycles. The summed E-state index contributed by atoms with van der Waals surface area (Å²) in [4.78, 5) is 9.64. The van der Waals surface area contributed by atoms with E-state index in [9.17, 15) is 0 Å². The number of aliphatic imine (C=N–C) groups is 1. The number of piperidine rings is 2. The third kappa shape index (κ3) is 8.26. The Hall–Kier alpha value is -0.810. The van der Waals surface area contributed by atoms with Crippen LogP contribution in [0.25, 0.3) is 0 Å². The minimum atomic E-state index is 0.768. The minimum absolute atomic E-state index is 0.768. The number of hydrogen-bond acceptors (Lipinski definition) is 3. The van der Waals surface area contributed by atoms with Gasteiger partial charge in [-0.1, -0.05) is 13.3 Å². The summed E-state index contributed by atoms with van der Waals surface area (Å²) in [7, 11) is 1.87. The summed E-state index contributed by atoms with van der Waals surface area (Å²) in [5, 5.41) is 6.94. The monoisotopic (exact) mass is 365 g/mol. The Morgan fingerprint density at radius 3 is 2.46 bits per heavy atom. The lowest BCUT2D eigenvalue weighted by Gasteiger charge is -2.33. The van der Waals surface area contributed by atoms with Crippen LogP contribution in [0, 0.1) is 5.92 Å². The van der Waals surface area contributed by atoms with Crippen LogP contribution in [0.1, 0.15) is 65.2 Å². The predicted octanol–water partition coefficient (Wildman–Crippen LogP) is 2.93. The minimum Gasteiger partial charge on any atom is -0.356 e. The van der Waals surface area contributed by atoms with E-state index in [0.717, 1.165) is 31.0 Å². The molecule has 5 heteroatoms. The number of hydrogen-bond donors (Lipinski definition) is 2. The Kier molecular flexibility index (Phi) is 10.4. The maximum Gasteiger partial charge on any atom is 0.190 e. The molecule has 2 rings (SSSR count). The Morgan fingerprint density at radius 1 is 0.923 bits per heavy atom. The maximum absolute atomic E-state index is 4.36. The molecular weight excluding hydrogens is 322 g/mol. The van der Waals surface area contributed by atoms with Crippen molar-refractivity contribution in [1.82, 2.24) is 20.4 Å². The number of nitrogens with zero attached hydrogens (tertiary/aromatic N) is 3. The molecule has 2 aliphatic heterocycles. The molecule has 26 heavy (non-hydrogen) atoms. The highest BCUT2D eigenvalue weighted by Crippen LogP contribution is 2.16. The van der Waals surface area contributed by atoms with Crippen LogP contribution in [-0.2, 0) is 0 Å². The van der Waals surface area contributed by atoms with Gasteiger partial charge in [-0.05, 0) is 77.4 Å². The second-order valence-electron chi connectivity index (χ2n) is 8.42. The van der Waals surface area contributed by atoms with Gasteiger partial charge in [-0.3, -0.25) is 4.99 Å². The summed E-state index contributed by atoms with van der Waals surface area (Å²) in [6.07, 6.45) is 10.6. The molecule has 0 aromatic carbocycles. The standard InChI is InChI=1S/C21H43N5/c1-19-10-8-15-25(18-19)14-7-5-12-23-21(22-3)24-13-9-17-26-16-6-4-11-20(26)2/h19-20H,4-18H2,1-3H3,(H2,22,23,24). The van der Waals surface area contributed by atoms with Crippen molar-refractivity contribution in [2.75, 3.05) is 52.9 Å². The van der Waals surface area contributed by atoms with Crippen molar-refractivity contribution >= 4 is 5.96 Å². The Balaban J connectivity index is 1.47. The third-order valence-corrected chi connectivity index (χ3v) is 6.01. The van der Waals surface area contributed by atoms with Crippen LogP contribution in [-0.4, -0.2) is 74.7 Å². The smallest absolute Gasteiger partial charge is 0.190 e. The molecule has 5 nitrogen and oxygen atoms in total. The molecule has 2 aliphatic rings. The molecule has 2 atom stereocenters. The van der Waals surface area contributed by atoms with Crippen molar-refractivity contribution in [3.05, 3.63) is 0 Å². The molecule has 2 unspecified atom stereocenters. The van der Waals surface area contributed by atoms with Crippen molar-refractivity contribution in [2.45, 2.75) is 71.3 Å². The zero-order chi connectivity index (χ0) is 18.6. The number of unbranched alkanes of at least 4 members (excludes halogenated alkanes) is 1. The molecule has 2 fully saturated rings. The molecule has 0 aromatic rings. The summed E-state index contributed by atoms with van der Waals surface area (Å²) in [6.45, 7) is 13.1. The van der Waals surface area contributed by atoms with Crippen LogP contribution >= 0.6 is 0 Å². The number of guanidine groups is 1. The molecule has 2 heterocycles. The van der Waals surface area contributed by atoms with E-state index >= 15 is 0 Å². The van der Waals surface area contributed by atoms with E-state index in [1.54, 1.807) is 0 Å². The summed E-state index contributed by atoms with van der Waals surface area (Å²) in [5.74, 6) is 1.85. The topological polar surface area (TPSA) is 42.9 Å². The third-order valence-electron chi connectivity index (χ3n) is 6.01. The lowest BCUT2D eigenvalue weighted by Crippen LogP contribution is -2.41. The fraction of sp³-hybridized carbons (Fsp3) is 0.952. The van der Waals surface area contributed by atoms with E-state index in [4.69, 9.17) is 0 Å². The largest absolute Gasteiger partial charge is 0.356 e. The Labute approximate surface area is 162 Å². The average Bonchev–Trinajstić information content (AvgIpc) is 2.64. The fourth-order valence-corrected chi connectivity index (χ4v) is 4.36. The Bertz CT molecular complexity index is 398. The van der Waals surface area contributed by atoms with Crippen molar-refractivity contribution in [2.24, 2.45) is 10.9 Å². The van der Waals surface area contributed by atoms with E-state index in [2.05, 4.69) is 39.3 Å². The summed E-state index contributed by atoms with van der Waals surface area (Å²) < 4.78 is 0. The van der Waals surface area contributed by atoms with Crippen LogP contribution in [0.4, 0.5) is 0 Å². The maximum atomic E-state index is 4.36. The van der Waals surface area contributed by atoms with E-state index < -0.39 is 0 Å². The van der Waals surface area contributed by atoms with Gasteiger partial charge >= 0.3 is 0 Å². The first-order valence-electron chi connectivity index (χ1n) is 11.1. The number of rotatable bonds is 9. The normalized spacial score (nSPS) is 26.0. The SMILES string of the molecule is CN=C(NCCCCN1CCCC(C)C1)NCCCN1CCCCC1C. The van der Waals surface area contributed by atoms with Gasteiger partial charge in [0.25, 0.3) is 0 Å². The zero-order valence-electron chi connectivity index (χ0n) is 17.6. The van der Waals surface area contributed by atoms with Crippen molar-refractivity contribution < 1.29 is 0 Å². The zero-order valence-corrected chi connectivity index (χ0v) is 17.6. The molecule has 0 amide bonds. The van der Waals surface area contributed by atoms with Gasteiger partial charge in [0.1, 0.15) is 0 Å². The molecule has 152 valence electrons. The van der Waals surface area contributed by atoms with Gasteiger partial charge in [0.15, 0.2) is 5.96 Å². The predicted molar refractivity (Wildman–Crippen MR) is 113 cm³/mol. The molecular formula is C21H43N5. The van der Waals surface area contributed by atoms with Crippen LogP contribution in [0.3, 0.4) is 0 Å². The summed E-state index contributed by atoms with van der Waals surface area (Å²) in [6, 6.07) is 0.768. The lowest BCUT2D eigenvalue weighted by atomic mass is 10.0. The average molecular weight is 366 g/mol. The second kappa shape index (κ2) is 12.6. The summed E-state index contributed by atoms with van der Waals surface area (Å²) in [5.41, 5.74) is 0. The van der Waals surface area contributed by atoms with Gasteiger partial charge in [-0.25, -0.2) is 0 Å². The molecule has 0 radical (unpaired) electrons. The molecule has 0 aromatic heterocycles. The van der Waals surface area contributed by atoms with Gasteiger partial charge in [-0.2, -0.15) is 0 Å². The molecule has 2 N–H and O–H groups in total. The van der Waals surface area contributed by atoms with Crippen molar-refractivity contribution in [3.8, 4) is 0 Å². The Morgan fingerprint density at radius 2 is 1.73 bits per heavy atom. The van der Waals surface area contributed by atoms with Crippen LogP contribution in [0.15, 0.2) is 4.99 Å². The van der Waals surface area contributed by atoms with Crippen molar-refractivity contribution in [3.63, 3.8) is 0 Å². The van der Waals surface area contributed by atoms with Crippen LogP contribution in [0.2, 0.25) is 0 Å². The second-order valence-corrected chi connectivity index (χ2v) is 8.42. The first-order chi connectivity index (χ1) is 12.7. The van der Waals surface area contributed by atoms with Crippen molar-refractivity contribution in [1.29, 1.82) is 0 Å². The molecule has 2 saturated heterocycles. The van der Waals surface area contributed by atoms with Gasteiger partial charge in [0.2, 0.25) is 0 Å². The number of likely N-dealkylation sites (tertiary alicyclic amines) is 2. The quantitative estimate of drug-likeness (QED) is 0.375. The van der Waals surface area contributed by atoms with Gasteiger partial charge in [0.05, 0.1) is 0 Å². The number of nitrogens with one attached hydrogen (secondary N) is 2. The van der Waals surface area contributed by atoms with E-state index in [-0.39, 0.29) is 0 Å². The highest BCUT2D eigenvalue weighted by atomic mass is 15.2. The van der Waals surface area contributed by atoms with Crippen LogP contribution < -0.4 is 10.6 Å². The first-order valence-corrected chi connectivity index (χ1v) is 11.1. The molecule has 0 spiro atoms. The first kappa shape index (κ1) is 21.5. The molecule has 0 bridgehead atoms. The van der Waals surface area contributed by atoms with Gasteiger partial charge in [-0.15, -0.1) is 0 Å². The van der Waals surface area contributed by atoms with E-state index in [1.807, 2.05) is 7.05 Å². The summed E-state index contributed by atoms with van der Waals surface area (Å²) >= 11 is 0. The van der Waals surface area contributed by atoms with Gasteiger partial charge < -0.3 is 20.4 Å². The van der Waals surface area contributed by atoms with Gasteiger partial charge in [0, 0.05) is 39.3 Å². The fourth-order valence-electron chi connectivity index (χ4n) is 4.36. The highest BCUT2D eigenvalue weighted by molar-refractivity contribution is 5.79. The highest BCUT2D eigenvalue weighted by Gasteiger charge is 2.17. The van der Waals surface area contributed by atoms with E-state index in [1.165, 1.54) is 84.1 Å². The lowest BCUT2D eigenvalue weighted by molar-refractivity contribution is 0.159. The molecule has 0 aliphatic carbocycles.